The molecule has 0 spiro atoms. The van der Waals surface area contributed by atoms with Crippen LogP contribution in [0.2, 0.25) is 0 Å². The van der Waals surface area contributed by atoms with E-state index >= 15 is 0 Å². The summed E-state index contributed by atoms with van der Waals surface area (Å²) in [6, 6.07) is 0. The van der Waals surface area contributed by atoms with Gasteiger partial charge in [0.15, 0.2) is 5.25 Å². The number of nitrogens with zero attached hydrogens (tertiary/aromatic N) is 1. The van der Waals surface area contributed by atoms with Crippen LogP contribution in [0, 0.1) is 0 Å². The maximum Gasteiger partial charge on any atom is 1.00 e. The predicted octanol–water partition coefficient (Wildman–Crippen LogP) is 8.93. The first-order valence-corrected chi connectivity index (χ1v) is 22.5. The third kappa shape index (κ3) is 46.3. The molecular formula is C41H86ClNNaO7S+. The molecular weight excluding hydrogens is 709 g/mol. The number of hydrogen-bond donors (Lipinski definition) is 1. The molecule has 0 bridgehead atoms. The topological polar surface area (TPSA) is 107 Å². The minimum absolute atomic E-state index is 0. The largest absolute Gasteiger partial charge is 1.00 e. The maximum atomic E-state index is 12.0. The quantitative estimate of drug-likeness (QED) is 0.0225. The van der Waals surface area contributed by atoms with E-state index in [0.717, 1.165) is 62.3 Å². The number of unbranched alkanes of at least 4 members (excludes halogenated alkanes) is 25. The number of quaternary nitrogens is 1. The summed E-state index contributed by atoms with van der Waals surface area (Å²) in [5, 5.41) is -1.93. The number of halogens is 1. The molecule has 0 aromatic rings. The van der Waals surface area contributed by atoms with E-state index in [2.05, 4.69) is 41.9 Å². The van der Waals surface area contributed by atoms with Crippen LogP contribution in [0.1, 0.15) is 208 Å². The second kappa shape index (κ2) is 42.2. The Hall–Kier alpha value is 0.1000. The molecule has 0 fully saturated rings. The maximum absolute atomic E-state index is 12.0. The zero-order valence-corrected chi connectivity index (χ0v) is 39.0. The molecule has 0 radical (unpaired) electrons. The predicted molar refractivity (Wildman–Crippen MR) is 219 cm³/mol. The fourth-order valence-corrected chi connectivity index (χ4v) is 6.53. The van der Waals surface area contributed by atoms with Crippen LogP contribution in [0.25, 0.3) is 0 Å². The first-order valence-electron chi connectivity index (χ1n) is 21.0. The Kier molecular flexibility index (Phi) is 47.8. The Balaban J connectivity index is -0.000000281. The van der Waals surface area contributed by atoms with Crippen LogP contribution in [0.5, 0.6) is 0 Å². The molecule has 0 aromatic heterocycles. The Morgan fingerprint density at radius 3 is 1.13 bits per heavy atom. The normalized spacial score (nSPS) is 11.8. The van der Waals surface area contributed by atoms with E-state index in [-0.39, 0.29) is 56.6 Å². The van der Waals surface area contributed by atoms with Crippen LogP contribution in [-0.2, 0) is 29.2 Å². The third-order valence-electron chi connectivity index (χ3n) is 9.16. The Morgan fingerprint density at radius 2 is 0.827 bits per heavy atom. The number of rotatable bonds is 35. The summed E-state index contributed by atoms with van der Waals surface area (Å²) in [5.41, 5.74) is 0. The Bertz CT molecular complexity index is 879. The smallest absolute Gasteiger partial charge is 1.00 e. The van der Waals surface area contributed by atoms with Gasteiger partial charge in [0.1, 0.15) is 0 Å². The summed E-state index contributed by atoms with van der Waals surface area (Å²) < 4.78 is 43.2. The monoisotopic (exact) mass is 795 g/mol. The number of carbonyl (C=O) groups excluding carboxylic acids is 2. The average Bonchev–Trinajstić information content (AvgIpc) is 3.05. The van der Waals surface area contributed by atoms with Gasteiger partial charge in [-0.05, 0) is 25.7 Å². The summed E-state index contributed by atoms with van der Waals surface area (Å²) in [4.78, 5) is 23.8. The molecule has 1 unspecified atom stereocenters. The minimum atomic E-state index is -4.73. The van der Waals surface area contributed by atoms with Crippen LogP contribution in [0.3, 0.4) is 0 Å². The fraction of sp³-hybridized carbons (Fsp3) is 0.951. The molecule has 0 aliphatic carbocycles. The second-order valence-corrected chi connectivity index (χ2v) is 17.0. The van der Waals surface area contributed by atoms with Crippen molar-refractivity contribution < 1.29 is 67.5 Å². The van der Waals surface area contributed by atoms with Crippen LogP contribution in [0.15, 0.2) is 0 Å². The zero-order chi connectivity index (χ0) is 37.8. The van der Waals surface area contributed by atoms with Gasteiger partial charge in [-0.2, -0.15) is 8.42 Å². The molecule has 0 aliphatic heterocycles. The van der Waals surface area contributed by atoms with Crippen LogP contribution in [-0.4, -0.2) is 75.5 Å². The molecule has 0 aliphatic rings. The Morgan fingerprint density at radius 1 is 0.538 bits per heavy atom. The Labute approximate surface area is 353 Å². The van der Waals surface area contributed by atoms with E-state index in [0.29, 0.717) is 12.8 Å². The van der Waals surface area contributed by atoms with Crippen LogP contribution >= 0.6 is 12.4 Å². The average molecular weight is 796 g/mol. The van der Waals surface area contributed by atoms with Gasteiger partial charge in [0.05, 0.1) is 47.3 Å². The summed E-state index contributed by atoms with van der Waals surface area (Å²) in [7, 11) is 2.16. The molecule has 0 rings (SSSR count). The third-order valence-corrected chi connectivity index (χ3v) is 10.2. The molecule has 0 heterocycles. The molecule has 11 heteroatoms. The number of ether oxygens (including phenoxy) is 2. The molecule has 1 N–H and O–H groups in total. The van der Waals surface area contributed by atoms with Gasteiger partial charge in [-0.25, -0.2) is 0 Å². The summed E-state index contributed by atoms with van der Waals surface area (Å²) in [6.45, 7) is 8.13. The molecule has 0 saturated heterocycles. The fourth-order valence-electron chi connectivity index (χ4n) is 5.87. The SMILES string of the molecule is CCCCCCCCCCCCCCCCCC[N+](C)(C)C.CCCCCCCCOC(=O)CC(C(=O)OCCCCCCCC)S(=O)(=O)O.Cl.[H-].[Na+]. The number of esters is 2. The molecule has 52 heavy (non-hydrogen) atoms. The van der Waals surface area contributed by atoms with Gasteiger partial charge in [-0.3, -0.25) is 14.1 Å². The van der Waals surface area contributed by atoms with Crippen molar-refractivity contribution in [3.63, 3.8) is 0 Å². The molecule has 310 valence electrons. The summed E-state index contributed by atoms with van der Waals surface area (Å²) in [5.74, 6) is -1.93. The van der Waals surface area contributed by atoms with Gasteiger partial charge >= 0.3 is 41.5 Å². The van der Waals surface area contributed by atoms with Crippen LogP contribution < -0.4 is 29.6 Å². The summed E-state index contributed by atoms with van der Waals surface area (Å²) >= 11 is 0. The first-order chi connectivity index (χ1) is 23.9. The summed E-state index contributed by atoms with van der Waals surface area (Å²) in [6.07, 6.45) is 34.7. The second-order valence-electron chi connectivity index (χ2n) is 15.4. The van der Waals surface area contributed by atoms with E-state index in [1.54, 1.807) is 0 Å². The van der Waals surface area contributed by atoms with E-state index in [4.69, 9.17) is 9.47 Å². The van der Waals surface area contributed by atoms with E-state index in [1.807, 2.05) is 0 Å². The van der Waals surface area contributed by atoms with Gasteiger partial charge in [0.25, 0.3) is 10.1 Å². The van der Waals surface area contributed by atoms with Gasteiger partial charge in [0, 0.05) is 0 Å². The van der Waals surface area contributed by atoms with Gasteiger partial charge in [-0.15, -0.1) is 12.4 Å². The van der Waals surface area contributed by atoms with Crippen molar-refractivity contribution in [1.29, 1.82) is 0 Å². The van der Waals surface area contributed by atoms with Crippen molar-refractivity contribution in [2.24, 2.45) is 0 Å². The molecule has 0 amide bonds. The minimum Gasteiger partial charge on any atom is -1.00 e. The van der Waals surface area contributed by atoms with Gasteiger partial charge in [0.2, 0.25) is 0 Å². The van der Waals surface area contributed by atoms with Crippen molar-refractivity contribution in [2.45, 2.75) is 212 Å². The van der Waals surface area contributed by atoms with Crippen molar-refractivity contribution in [1.82, 2.24) is 0 Å². The van der Waals surface area contributed by atoms with E-state index < -0.39 is 33.7 Å². The number of hydrogen-bond acceptors (Lipinski definition) is 6. The van der Waals surface area contributed by atoms with Gasteiger partial charge in [-0.1, -0.05) is 175 Å². The molecule has 1 atom stereocenters. The molecule has 0 saturated carbocycles. The number of carbonyl (C=O) groups is 2. The molecule has 0 aromatic carbocycles. The molecule has 8 nitrogen and oxygen atoms in total. The van der Waals surface area contributed by atoms with E-state index in [1.165, 1.54) is 116 Å². The van der Waals surface area contributed by atoms with E-state index in [9.17, 15) is 22.6 Å². The van der Waals surface area contributed by atoms with Gasteiger partial charge < -0.3 is 15.4 Å². The first kappa shape index (κ1) is 58.8. The van der Waals surface area contributed by atoms with Crippen molar-refractivity contribution in [3.8, 4) is 0 Å². The van der Waals surface area contributed by atoms with Crippen LogP contribution in [0.4, 0.5) is 0 Å². The van der Waals surface area contributed by atoms with Crippen molar-refractivity contribution >= 4 is 34.5 Å². The van der Waals surface area contributed by atoms with Crippen molar-refractivity contribution in [2.75, 3.05) is 40.9 Å². The zero-order valence-electron chi connectivity index (χ0n) is 36.4. The standard InChI is InChI=1S/C21H46N.C20H38O7S.ClH.Na.H/c1-5-6-7-8-9-10-11-12-13-14-15-16-17-18-19-20-21-22(2,3)4;1-3-5-7-9-11-13-15-26-19(21)17-18(28(23,24)25)20(22)27-16-14-12-10-8-6-4-2;;;/h5-21H2,1-4H3;18H,3-17H2,1-2H3,(H,23,24,25);1H;;/q+1;;;+1;-1. The van der Waals surface area contributed by atoms with Crippen molar-refractivity contribution in [3.05, 3.63) is 0 Å².